The number of benzene rings is 2. The monoisotopic (exact) mass is 350 g/mol. The Balaban J connectivity index is 2.35. The number of carbonyl (C=O) groups is 1. The van der Waals surface area contributed by atoms with E-state index >= 15 is 0 Å². The number of hydrogen-bond acceptors (Lipinski definition) is 4. The Morgan fingerprint density at radius 2 is 2.05 bits per heavy atom. The first-order valence-corrected chi connectivity index (χ1v) is 6.73. The molecule has 2 aromatic carbocycles. The second-order valence-electron chi connectivity index (χ2n) is 4.37. The van der Waals surface area contributed by atoms with Gasteiger partial charge in [0, 0.05) is 10.5 Å². The van der Waals surface area contributed by atoms with Gasteiger partial charge in [0.25, 0.3) is 5.91 Å². The Kier molecular flexibility index (Phi) is 4.23. The highest BCUT2D eigenvalue weighted by molar-refractivity contribution is 9.10. The minimum atomic E-state index is -0.741. The van der Waals surface area contributed by atoms with Crippen molar-refractivity contribution in [3.63, 3.8) is 0 Å². The van der Waals surface area contributed by atoms with Gasteiger partial charge in [-0.3, -0.25) is 14.9 Å². The summed E-state index contributed by atoms with van der Waals surface area (Å²) in [5, 5.41) is 23.2. The van der Waals surface area contributed by atoms with Crippen molar-refractivity contribution in [2.75, 3.05) is 5.32 Å². The summed E-state index contributed by atoms with van der Waals surface area (Å²) in [6, 6.07) is 9.19. The SMILES string of the molecule is Cc1ccc(Br)c(NC(=O)c2cccc([N+](=O)[O-])c2O)c1. The molecule has 21 heavy (non-hydrogen) atoms. The second kappa shape index (κ2) is 5.92. The molecule has 108 valence electrons. The number of amides is 1. The lowest BCUT2D eigenvalue weighted by molar-refractivity contribution is -0.385. The van der Waals surface area contributed by atoms with Gasteiger partial charge in [-0.25, -0.2) is 0 Å². The third kappa shape index (κ3) is 3.19. The number of halogens is 1. The molecule has 0 unspecified atom stereocenters. The predicted molar refractivity (Wildman–Crippen MR) is 81.6 cm³/mol. The topological polar surface area (TPSA) is 92.5 Å². The fourth-order valence-electron chi connectivity index (χ4n) is 1.79. The molecule has 0 fully saturated rings. The lowest BCUT2D eigenvalue weighted by atomic mass is 10.1. The smallest absolute Gasteiger partial charge is 0.311 e. The zero-order valence-corrected chi connectivity index (χ0v) is 12.5. The molecule has 2 N–H and O–H groups in total. The number of nitro groups is 1. The summed E-state index contributed by atoms with van der Waals surface area (Å²) in [6.07, 6.45) is 0. The molecule has 0 spiro atoms. The molecule has 0 heterocycles. The van der Waals surface area contributed by atoms with Gasteiger partial charge in [-0.1, -0.05) is 12.1 Å². The molecule has 0 atom stereocenters. The van der Waals surface area contributed by atoms with Crippen LogP contribution in [-0.2, 0) is 0 Å². The number of phenolic OH excluding ortho intramolecular Hbond substituents is 1. The first-order chi connectivity index (χ1) is 9.90. The molecule has 0 saturated carbocycles. The molecule has 0 aliphatic heterocycles. The van der Waals surface area contributed by atoms with Crippen LogP contribution in [0, 0.1) is 17.0 Å². The van der Waals surface area contributed by atoms with Gasteiger partial charge in [-0.05, 0) is 46.6 Å². The average molecular weight is 351 g/mol. The van der Waals surface area contributed by atoms with Gasteiger partial charge in [0.15, 0.2) is 0 Å². The zero-order valence-electron chi connectivity index (χ0n) is 11.0. The van der Waals surface area contributed by atoms with E-state index in [4.69, 9.17) is 0 Å². The Morgan fingerprint density at radius 3 is 2.71 bits per heavy atom. The Hall–Kier alpha value is -2.41. The summed E-state index contributed by atoms with van der Waals surface area (Å²) < 4.78 is 0.673. The Labute approximate surface area is 128 Å². The number of nitrogens with zero attached hydrogens (tertiary/aromatic N) is 1. The molecule has 0 aliphatic carbocycles. The normalized spacial score (nSPS) is 10.2. The molecule has 2 rings (SSSR count). The number of anilines is 1. The van der Waals surface area contributed by atoms with E-state index in [2.05, 4.69) is 21.2 Å². The van der Waals surface area contributed by atoms with Crippen LogP contribution in [0.25, 0.3) is 0 Å². The molecule has 1 amide bonds. The summed E-state index contributed by atoms with van der Waals surface area (Å²) in [7, 11) is 0. The second-order valence-corrected chi connectivity index (χ2v) is 5.22. The summed E-state index contributed by atoms with van der Waals surface area (Å²) in [5.74, 6) is -1.27. The van der Waals surface area contributed by atoms with Gasteiger partial charge in [0.2, 0.25) is 5.75 Å². The van der Waals surface area contributed by atoms with E-state index in [9.17, 15) is 20.0 Å². The molecule has 0 saturated heterocycles. The van der Waals surface area contributed by atoms with Crippen LogP contribution >= 0.6 is 15.9 Å². The highest BCUT2D eigenvalue weighted by Crippen LogP contribution is 2.31. The molecule has 7 heteroatoms. The van der Waals surface area contributed by atoms with Gasteiger partial charge in [0.05, 0.1) is 16.2 Å². The van der Waals surface area contributed by atoms with Crippen molar-refractivity contribution in [1.29, 1.82) is 0 Å². The Bertz CT molecular complexity index is 731. The maximum Gasteiger partial charge on any atom is 0.311 e. The summed E-state index contributed by atoms with van der Waals surface area (Å²) in [5.41, 5.74) is 0.797. The number of aromatic hydroxyl groups is 1. The van der Waals surface area contributed by atoms with Crippen molar-refractivity contribution in [3.8, 4) is 5.75 Å². The van der Waals surface area contributed by atoms with E-state index in [-0.39, 0.29) is 5.56 Å². The van der Waals surface area contributed by atoms with Gasteiger partial charge in [0.1, 0.15) is 0 Å². The van der Waals surface area contributed by atoms with Gasteiger partial charge >= 0.3 is 5.69 Å². The van der Waals surface area contributed by atoms with Crippen LogP contribution in [-0.4, -0.2) is 15.9 Å². The van der Waals surface area contributed by atoms with Crippen molar-refractivity contribution >= 4 is 33.2 Å². The van der Waals surface area contributed by atoms with Gasteiger partial charge < -0.3 is 10.4 Å². The number of nitro benzene ring substituents is 1. The van der Waals surface area contributed by atoms with Crippen molar-refractivity contribution < 1.29 is 14.8 Å². The van der Waals surface area contributed by atoms with Crippen molar-refractivity contribution in [3.05, 3.63) is 62.1 Å². The molecular formula is C14H11BrN2O4. The van der Waals surface area contributed by atoms with Gasteiger partial charge in [-0.2, -0.15) is 0 Å². The van der Waals surface area contributed by atoms with Crippen molar-refractivity contribution in [2.24, 2.45) is 0 Å². The maximum absolute atomic E-state index is 12.2. The number of para-hydroxylation sites is 1. The van der Waals surface area contributed by atoms with E-state index in [1.165, 1.54) is 12.1 Å². The predicted octanol–water partition coefficient (Wildman–Crippen LogP) is 3.62. The highest BCUT2D eigenvalue weighted by atomic mass is 79.9. The van der Waals surface area contributed by atoms with E-state index < -0.39 is 22.3 Å². The van der Waals surface area contributed by atoms with E-state index in [0.717, 1.165) is 11.6 Å². The summed E-state index contributed by atoms with van der Waals surface area (Å²) in [4.78, 5) is 22.2. The first kappa shape index (κ1) is 15.0. The molecule has 0 aromatic heterocycles. The number of carbonyl (C=O) groups excluding carboxylic acids is 1. The number of aryl methyl sites for hydroxylation is 1. The number of nitrogens with one attached hydrogen (secondary N) is 1. The maximum atomic E-state index is 12.2. The number of phenols is 1. The largest absolute Gasteiger partial charge is 0.502 e. The van der Waals surface area contributed by atoms with E-state index in [1.54, 1.807) is 12.1 Å². The minimum Gasteiger partial charge on any atom is -0.502 e. The molecule has 0 aliphatic rings. The number of hydrogen-bond donors (Lipinski definition) is 2. The van der Waals surface area contributed by atoms with Crippen molar-refractivity contribution in [1.82, 2.24) is 0 Å². The van der Waals surface area contributed by atoms with Crippen molar-refractivity contribution in [2.45, 2.75) is 6.92 Å². The third-order valence-corrected chi connectivity index (χ3v) is 3.52. The summed E-state index contributed by atoms with van der Waals surface area (Å²) in [6.45, 7) is 1.87. The summed E-state index contributed by atoms with van der Waals surface area (Å²) >= 11 is 3.30. The van der Waals surface area contributed by atoms with E-state index in [1.807, 2.05) is 13.0 Å². The highest BCUT2D eigenvalue weighted by Gasteiger charge is 2.21. The minimum absolute atomic E-state index is 0.155. The van der Waals surface area contributed by atoms with Crippen LogP contribution in [0.2, 0.25) is 0 Å². The quantitative estimate of drug-likeness (QED) is 0.652. The first-order valence-electron chi connectivity index (χ1n) is 5.94. The fourth-order valence-corrected chi connectivity index (χ4v) is 2.13. The van der Waals surface area contributed by atoms with E-state index in [0.29, 0.717) is 10.2 Å². The molecule has 0 bridgehead atoms. The zero-order chi connectivity index (χ0) is 15.6. The van der Waals surface area contributed by atoms with Crippen LogP contribution in [0.1, 0.15) is 15.9 Å². The number of rotatable bonds is 3. The fraction of sp³-hybridized carbons (Fsp3) is 0.0714. The lowest BCUT2D eigenvalue weighted by Crippen LogP contribution is -2.13. The van der Waals surface area contributed by atoms with Crippen LogP contribution < -0.4 is 5.32 Å². The molecule has 6 nitrogen and oxygen atoms in total. The Morgan fingerprint density at radius 1 is 1.33 bits per heavy atom. The third-order valence-electron chi connectivity index (χ3n) is 2.83. The van der Waals surface area contributed by atoms with Crippen LogP contribution in [0.4, 0.5) is 11.4 Å². The van der Waals surface area contributed by atoms with Crippen LogP contribution in [0.5, 0.6) is 5.75 Å². The van der Waals surface area contributed by atoms with Gasteiger partial charge in [-0.15, -0.1) is 0 Å². The van der Waals surface area contributed by atoms with Crippen LogP contribution in [0.15, 0.2) is 40.9 Å². The molecular weight excluding hydrogens is 340 g/mol. The lowest BCUT2D eigenvalue weighted by Gasteiger charge is -2.09. The van der Waals surface area contributed by atoms with Crippen LogP contribution in [0.3, 0.4) is 0 Å². The average Bonchev–Trinajstić information content (AvgIpc) is 2.42. The standard InChI is InChI=1S/C14H11BrN2O4/c1-8-5-6-10(15)11(7-8)16-14(19)9-3-2-4-12(13(9)18)17(20)21/h2-7,18H,1H3,(H,16,19). The molecule has 0 radical (unpaired) electrons. The molecule has 2 aromatic rings.